The lowest BCUT2D eigenvalue weighted by Crippen LogP contribution is -2.32. The van der Waals surface area contributed by atoms with Crippen molar-refractivity contribution < 1.29 is 13.2 Å². The zero-order valence-corrected chi connectivity index (χ0v) is 17.6. The molecule has 2 amide bonds. The normalized spacial score (nSPS) is 15.5. The summed E-state index contributed by atoms with van der Waals surface area (Å²) in [6.07, 6.45) is 1.69. The monoisotopic (exact) mass is 440 g/mol. The van der Waals surface area contributed by atoms with Crippen molar-refractivity contribution in [3.05, 3.63) is 58.1 Å². The average molecular weight is 441 g/mol. The van der Waals surface area contributed by atoms with Crippen LogP contribution in [-0.4, -0.2) is 37.7 Å². The highest BCUT2D eigenvalue weighted by atomic mass is 35.5. The molecule has 0 unspecified atom stereocenters. The van der Waals surface area contributed by atoms with Gasteiger partial charge < -0.3 is 17.7 Å². The zero-order valence-electron chi connectivity index (χ0n) is 15.3. The summed E-state index contributed by atoms with van der Waals surface area (Å²) in [5.74, 6) is 0. The third-order valence-electron chi connectivity index (χ3n) is 4.46. The van der Waals surface area contributed by atoms with Gasteiger partial charge in [0.25, 0.3) is 0 Å². The van der Waals surface area contributed by atoms with Crippen molar-refractivity contribution in [2.24, 2.45) is 4.36 Å². The van der Waals surface area contributed by atoms with E-state index in [9.17, 15) is 9.00 Å². The van der Waals surface area contributed by atoms with Crippen LogP contribution in [0.2, 0.25) is 10.0 Å². The van der Waals surface area contributed by atoms with Crippen molar-refractivity contribution in [1.82, 2.24) is 4.90 Å². The van der Waals surface area contributed by atoms with E-state index in [1.54, 1.807) is 35.2 Å². The fraction of sp³-hybridized carbons (Fsp3) is 0.316. The molecule has 0 atom stereocenters. The molecule has 0 bridgehead atoms. The third kappa shape index (κ3) is 5.17. The quantitative estimate of drug-likeness (QED) is 0.555. The molecule has 2 aromatic rings. The molecule has 1 aliphatic heterocycles. The lowest BCUT2D eigenvalue weighted by atomic mass is 10.1. The molecular formula is C19H20Cl2N3O3S-. The fourth-order valence-corrected chi connectivity index (χ4v) is 3.66. The number of nitrogens with zero attached hydrogens (tertiary/aromatic N) is 3. The highest BCUT2D eigenvalue weighted by molar-refractivity contribution is 7.69. The van der Waals surface area contributed by atoms with Crippen LogP contribution in [0.15, 0.2) is 46.8 Å². The molecule has 0 N–H and O–H groups in total. The maximum atomic E-state index is 12.6. The van der Waals surface area contributed by atoms with E-state index in [1.165, 1.54) is 7.11 Å². The summed E-state index contributed by atoms with van der Waals surface area (Å²) in [6, 6.07) is 12.7. The SMILES string of the molecule is CO[S-](=O)=Nc1ccc(CCCN2CCN(c3ccc(Cl)c(Cl)c3)C2=O)cc1. The minimum atomic E-state index is -1.66. The molecule has 0 aromatic heterocycles. The fourth-order valence-electron chi connectivity index (χ4n) is 3.00. The number of halogens is 2. The summed E-state index contributed by atoms with van der Waals surface area (Å²) < 4.78 is 19.8. The molecule has 0 saturated carbocycles. The second-order valence-electron chi connectivity index (χ2n) is 6.26. The molecule has 3 rings (SSSR count). The van der Waals surface area contributed by atoms with E-state index in [0.29, 0.717) is 35.4 Å². The van der Waals surface area contributed by atoms with Crippen molar-refractivity contribution in [1.29, 1.82) is 0 Å². The second-order valence-corrected chi connectivity index (χ2v) is 8.03. The average Bonchev–Trinajstić information content (AvgIpc) is 3.06. The minimum Gasteiger partial charge on any atom is -0.441 e. The summed E-state index contributed by atoms with van der Waals surface area (Å²) >= 11 is 12.0. The van der Waals surface area contributed by atoms with E-state index < -0.39 is 10.9 Å². The first kappa shape index (κ1) is 20.9. The number of aryl methyl sites for hydroxylation is 1. The van der Waals surface area contributed by atoms with E-state index in [1.807, 2.05) is 17.0 Å². The number of anilines is 1. The lowest BCUT2D eigenvalue weighted by molar-refractivity contribution is 0.220. The molecule has 28 heavy (non-hydrogen) atoms. The maximum absolute atomic E-state index is 12.6. The van der Waals surface area contributed by atoms with Crippen molar-refractivity contribution in [2.75, 3.05) is 31.6 Å². The van der Waals surface area contributed by atoms with Gasteiger partial charge in [0, 0.05) is 38.1 Å². The van der Waals surface area contributed by atoms with Gasteiger partial charge in [0.1, 0.15) is 0 Å². The Hall–Kier alpha value is -1.80. The van der Waals surface area contributed by atoms with Gasteiger partial charge in [-0.25, -0.2) is 4.79 Å². The van der Waals surface area contributed by atoms with Gasteiger partial charge in [0.15, 0.2) is 0 Å². The van der Waals surface area contributed by atoms with Gasteiger partial charge in [-0.2, -0.15) is 0 Å². The Morgan fingerprint density at radius 2 is 1.86 bits per heavy atom. The number of urea groups is 1. The van der Waals surface area contributed by atoms with Crippen LogP contribution in [0.5, 0.6) is 0 Å². The molecule has 1 aliphatic rings. The van der Waals surface area contributed by atoms with Gasteiger partial charge in [-0.1, -0.05) is 46.2 Å². The van der Waals surface area contributed by atoms with E-state index in [0.717, 1.165) is 24.1 Å². The number of benzene rings is 2. The molecule has 2 aromatic carbocycles. The second kappa shape index (κ2) is 9.60. The van der Waals surface area contributed by atoms with Crippen LogP contribution in [0.4, 0.5) is 16.2 Å². The Morgan fingerprint density at radius 1 is 1.11 bits per heavy atom. The Labute approximate surface area is 176 Å². The molecule has 0 spiro atoms. The van der Waals surface area contributed by atoms with Crippen LogP contribution in [0.1, 0.15) is 12.0 Å². The van der Waals surface area contributed by atoms with Crippen LogP contribution in [0.25, 0.3) is 0 Å². The molecule has 150 valence electrons. The molecule has 1 saturated heterocycles. The Balaban J connectivity index is 1.52. The standard InChI is InChI=1S/C19H20Cl2N3O3S/c1-27-28(26)22-15-6-4-14(5-7-15)3-2-10-23-11-12-24(19(23)25)16-8-9-17(20)18(21)13-16/h4-9,13H,2-3,10-12H2,1H3/q-1. The summed E-state index contributed by atoms with van der Waals surface area (Å²) in [5.41, 5.74) is 2.50. The zero-order chi connectivity index (χ0) is 20.1. The predicted molar refractivity (Wildman–Crippen MR) is 113 cm³/mol. The van der Waals surface area contributed by atoms with Crippen LogP contribution in [0, 0.1) is 0 Å². The van der Waals surface area contributed by atoms with Crippen LogP contribution < -0.4 is 4.90 Å². The Bertz CT molecular complexity index is 931. The van der Waals surface area contributed by atoms with Crippen molar-refractivity contribution in [3.63, 3.8) is 0 Å². The molecule has 0 aliphatic carbocycles. The van der Waals surface area contributed by atoms with Crippen LogP contribution in [0.3, 0.4) is 0 Å². The molecule has 9 heteroatoms. The van der Waals surface area contributed by atoms with Crippen LogP contribution in [-0.2, 0) is 25.7 Å². The first-order valence-corrected chi connectivity index (χ1v) is 10.6. The number of rotatable bonds is 7. The van der Waals surface area contributed by atoms with Gasteiger partial charge >= 0.3 is 6.03 Å². The van der Waals surface area contributed by atoms with E-state index in [-0.39, 0.29) is 6.03 Å². The smallest absolute Gasteiger partial charge is 0.324 e. The number of carbonyl (C=O) groups is 1. The van der Waals surface area contributed by atoms with Crippen molar-refractivity contribution in [2.45, 2.75) is 12.8 Å². The van der Waals surface area contributed by atoms with Gasteiger partial charge in [-0.05, 0) is 48.7 Å². The van der Waals surface area contributed by atoms with Crippen molar-refractivity contribution >= 4 is 51.5 Å². The summed E-state index contributed by atoms with van der Waals surface area (Å²) in [7, 11) is -0.314. The molecule has 1 heterocycles. The highest BCUT2D eigenvalue weighted by Crippen LogP contribution is 2.29. The van der Waals surface area contributed by atoms with E-state index in [4.69, 9.17) is 23.2 Å². The largest absolute Gasteiger partial charge is 0.441 e. The first-order valence-electron chi connectivity index (χ1n) is 8.76. The van der Waals surface area contributed by atoms with Gasteiger partial charge in [-0.3, -0.25) is 4.90 Å². The minimum absolute atomic E-state index is 0.0189. The summed E-state index contributed by atoms with van der Waals surface area (Å²) in [6.45, 7) is 1.99. The lowest BCUT2D eigenvalue weighted by Gasteiger charge is -2.19. The summed E-state index contributed by atoms with van der Waals surface area (Å²) in [5, 5.41) is 0.913. The Kier molecular flexibility index (Phi) is 7.18. The number of carbonyl (C=O) groups excluding carboxylic acids is 1. The molecule has 6 nitrogen and oxygen atoms in total. The maximum Gasteiger partial charge on any atom is 0.324 e. The molecule has 0 radical (unpaired) electrons. The van der Waals surface area contributed by atoms with E-state index in [2.05, 4.69) is 8.55 Å². The topological polar surface area (TPSA) is 62.2 Å². The molecule has 1 fully saturated rings. The number of hydrogen-bond acceptors (Lipinski definition) is 5. The van der Waals surface area contributed by atoms with Crippen LogP contribution >= 0.6 is 23.2 Å². The van der Waals surface area contributed by atoms with Crippen molar-refractivity contribution in [3.8, 4) is 0 Å². The predicted octanol–water partition coefficient (Wildman–Crippen LogP) is 5.21. The van der Waals surface area contributed by atoms with E-state index >= 15 is 0 Å². The third-order valence-corrected chi connectivity index (χ3v) is 5.85. The van der Waals surface area contributed by atoms with Gasteiger partial charge in [-0.15, -0.1) is 0 Å². The molecular weight excluding hydrogens is 421 g/mol. The van der Waals surface area contributed by atoms with Gasteiger partial charge in [0.05, 0.1) is 10.0 Å². The highest BCUT2D eigenvalue weighted by Gasteiger charge is 2.29. The summed E-state index contributed by atoms with van der Waals surface area (Å²) in [4.78, 5) is 16.2. The number of hydrogen-bond donors (Lipinski definition) is 0. The van der Waals surface area contributed by atoms with Gasteiger partial charge in [0.2, 0.25) is 0 Å². The first-order chi connectivity index (χ1) is 13.5. The number of amides is 2. The Morgan fingerprint density at radius 3 is 2.54 bits per heavy atom.